The molecule has 0 atom stereocenters. The molecule has 0 unspecified atom stereocenters. The van der Waals surface area contributed by atoms with Crippen LogP contribution in [0.1, 0.15) is 12.6 Å². The van der Waals surface area contributed by atoms with Gasteiger partial charge in [0.1, 0.15) is 9.35 Å². The number of halogens is 1. The summed E-state index contributed by atoms with van der Waals surface area (Å²) in [7, 11) is 0. The number of morpholine rings is 1. The first kappa shape index (κ1) is 15.5. The lowest BCUT2D eigenvalue weighted by atomic mass is 10.3. The van der Waals surface area contributed by atoms with Crippen LogP contribution >= 0.6 is 22.6 Å². The van der Waals surface area contributed by atoms with E-state index in [-0.39, 0.29) is 12.4 Å². The van der Waals surface area contributed by atoms with Gasteiger partial charge in [0.15, 0.2) is 0 Å². The van der Waals surface area contributed by atoms with Crippen LogP contribution in [-0.4, -0.2) is 48.3 Å². The number of nitrogens with zero attached hydrogens (tertiary/aromatic N) is 3. The van der Waals surface area contributed by atoms with Gasteiger partial charge in [-0.1, -0.05) is 0 Å². The second kappa shape index (κ2) is 6.82. The molecule has 3 rings (SSSR count). The monoisotopic (exact) mass is 415 g/mol. The van der Waals surface area contributed by atoms with Crippen LogP contribution in [0.5, 0.6) is 0 Å². The van der Waals surface area contributed by atoms with Crippen molar-refractivity contribution in [2.24, 2.45) is 0 Å². The van der Waals surface area contributed by atoms with Gasteiger partial charge in [-0.3, -0.25) is 9.20 Å². The lowest BCUT2D eigenvalue weighted by molar-refractivity contribution is -0.142. The summed E-state index contributed by atoms with van der Waals surface area (Å²) in [5.41, 5.74) is 2.76. The molecule has 118 valence electrons. The minimum absolute atomic E-state index is 0.209. The second-order valence-electron chi connectivity index (χ2n) is 5.05. The van der Waals surface area contributed by atoms with E-state index in [0.29, 0.717) is 6.61 Å². The van der Waals surface area contributed by atoms with Crippen molar-refractivity contribution >= 4 is 39.9 Å². The molecule has 0 amide bonds. The molecule has 1 aliphatic rings. The maximum absolute atomic E-state index is 11.7. The minimum Gasteiger partial charge on any atom is -0.466 e. The summed E-state index contributed by atoms with van der Waals surface area (Å²) < 4.78 is 13.4. The first-order valence-electron chi connectivity index (χ1n) is 7.34. The fourth-order valence-electron chi connectivity index (χ4n) is 2.52. The Labute approximate surface area is 142 Å². The van der Waals surface area contributed by atoms with Crippen molar-refractivity contribution in [3.63, 3.8) is 0 Å². The predicted octanol–water partition coefficient (Wildman–Crippen LogP) is 1.88. The van der Waals surface area contributed by atoms with E-state index in [1.807, 2.05) is 10.5 Å². The molecular weight excluding hydrogens is 397 g/mol. The number of carbonyl (C=O) groups is 1. The highest BCUT2D eigenvalue weighted by Gasteiger charge is 2.16. The van der Waals surface area contributed by atoms with Gasteiger partial charge in [-0.2, -0.15) is 0 Å². The summed E-state index contributed by atoms with van der Waals surface area (Å²) in [5, 5.41) is 0. The fraction of sp³-hybridized carbons (Fsp3) is 0.467. The first-order chi connectivity index (χ1) is 10.7. The molecule has 3 heterocycles. The lowest BCUT2D eigenvalue weighted by Crippen LogP contribution is -2.36. The van der Waals surface area contributed by atoms with Crippen LogP contribution in [0.15, 0.2) is 18.3 Å². The first-order valence-corrected chi connectivity index (χ1v) is 8.41. The molecule has 0 aliphatic carbocycles. The Hall–Kier alpha value is -1.35. The number of fused-ring (bicyclic) bond motifs is 1. The minimum atomic E-state index is -0.239. The average molecular weight is 415 g/mol. The van der Waals surface area contributed by atoms with E-state index in [1.54, 1.807) is 6.92 Å². The lowest BCUT2D eigenvalue weighted by Gasteiger charge is -2.28. The van der Waals surface area contributed by atoms with Gasteiger partial charge in [0.2, 0.25) is 0 Å². The highest BCUT2D eigenvalue weighted by Crippen LogP contribution is 2.21. The Morgan fingerprint density at radius 2 is 2.18 bits per heavy atom. The molecule has 0 bridgehead atoms. The second-order valence-corrected chi connectivity index (χ2v) is 6.07. The molecule has 2 aromatic rings. The molecule has 7 heteroatoms. The van der Waals surface area contributed by atoms with E-state index in [4.69, 9.17) is 9.47 Å². The van der Waals surface area contributed by atoms with Crippen molar-refractivity contribution in [3.8, 4) is 0 Å². The van der Waals surface area contributed by atoms with Gasteiger partial charge in [0.25, 0.3) is 0 Å². The molecule has 6 nitrogen and oxygen atoms in total. The molecule has 0 spiro atoms. The number of hydrogen-bond donors (Lipinski definition) is 0. The zero-order chi connectivity index (χ0) is 15.5. The molecule has 0 saturated carbocycles. The maximum atomic E-state index is 11.7. The molecule has 1 fully saturated rings. The maximum Gasteiger partial charge on any atom is 0.311 e. The SMILES string of the molecule is CCOC(=O)Cc1nc2ccc(N3CCOCC3)cn2c1I. The van der Waals surface area contributed by atoms with Crippen molar-refractivity contribution in [2.75, 3.05) is 37.8 Å². The molecule has 1 saturated heterocycles. The van der Waals surface area contributed by atoms with Gasteiger partial charge in [0.05, 0.1) is 37.6 Å². The number of esters is 1. The standard InChI is InChI=1S/C15H18IN3O3/c1-2-22-14(20)9-12-15(16)19-10-11(3-4-13(19)17-12)18-5-7-21-8-6-18/h3-4,10H,2,5-9H2,1H3. The number of hydrogen-bond acceptors (Lipinski definition) is 5. The summed E-state index contributed by atoms with van der Waals surface area (Å²) in [6.45, 7) is 5.50. The van der Waals surface area contributed by atoms with E-state index < -0.39 is 0 Å². The van der Waals surface area contributed by atoms with Crippen molar-refractivity contribution < 1.29 is 14.3 Å². The van der Waals surface area contributed by atoms with Gasteiger partial charge in [-0.05, 0) is 41.6 Å². The average Bonchev–Trinajstić information content (AvgIpc) is 2.84. The zero-order valence-electron chi connectivity index (χ0n) is 12.4. The molecular formula is C15H18IN3O3. The van der Waals surface area contributed by atoms with Crippen molar-refractivity contribution in [1.29, 1.82) is 0 Å². The third-order valence-electron chi connectivity index (χ3n) is 3.60. The van der Waals surface area contributed by atoms with Crippen molar-refractivity contribution in [3.05, 3.63) is 27.7 Å². The number of imidazole rings is 1. The van der Waals surface area contributed by atoms with Crippen LogP contribution in [-0.2, 0) is 20.7 Å². The fourth-order valence-corrected chi connectivity index (χ4v) is 3.22. The predicted molar refractivity (Wildman–Crippen MR) is 91.3 cm³/mol. The summed E-state index contributed by atoms with van der Waals surface area (Å²) >= 11 is 2.23. The zero-order valence-corrected chi connectivity index (χ0v) is 14.6. The number of pyridine rings is 1. The van der Waals surface area contributed by atoms with Gasteiger partial charge < -0.3 is 14.4 Å². The molecule has 1 aliphatic heterocycles. The Kier molecular flexibility index (Phi) is 4.82. The Bertz CT molecular complexity index is 680. The van der Waals surface area contributed by atoms with E-state index in [2.05, 4.69) is 44.7 Å². The van der Waals surface area contributed by atoms with Gasteiger partial charge >= 0.3 is 5.97 Å². The largest absolute Gasteiger partial charge is 0.466 e. The third kappa shape index (κ3) is 3.19. The Balaban J connectivity index is 1.88. The summed E-state index contributed by atoms with van der Waals surface area (Å²) in [5.74, 6) is -0.239. The van der Waals surface area contributed by atoms with Crippen molar-refractivity contribution in [1.82, 2.24) is 9.38 Å². The van der Waals surface area contributed by atoms with E-state index in [0.717, 1.165) is 47.0 Å². The molecule has 0 N–H and O–H groups in total. The molecule has 0 radical (unpaired) electrons. The van der Waals surface area contributed by atoms with Crippen LogP contribution in [0, 0.1) is 3.70 Å². The highest BCUT2D eigenvalue weighted by atomic mass is 127. The highest BCUT2D eigenvalue weighted by molar-refractivity contribution is 14.1. The van der Waals surface area contributed by atoms with Gasteiger partial charge in [0, 0.05) is 19.3 Å². The van der Waals surface area contributed by atoms with Crippen LogP contribution in [0.3, 0.4) is 0 Å². The van der Waals surface area contributed by atoms with E-state index in [1.165, 1.54) is 0 Å². The van der Waals surface area contributed by atoms with Crippen LogP contribution < -0.4 is 4.90 Å². The van der Waals surface area contributed by atoms with E-state index >= 15 is 0 Å². The molecule has 22 heavy (non-hydrogen) atoms. The quantitative estimate of drug-likeness (QED) is 0.564. The van der Waals surface area contributed by atoms with Crippen molar-refractivity contribution in [2.45, 2.75) is 13.3 Å². The van der Waals surface area contributed by atoms with Gasteiger partial charge in [-0.15, -0.1) is 0 Å². The number of ether oxygens (including phenoxy) is 2. The third-order valence-corrected chi connectivity index (χ3v) is 4.75. The number of rotatable bonds is 4. The number of carbonyl (C=O) groups excluding carboxylic acids is 1. The number of aromatic nitrogens is 2. The van der Waals surface area contributed by atoms with Gasteiger partial charge in [-0.25, -0.2) is 4.98 Å². The normalized spacial score (nSPS) is 15.3. The molecule has 0 aromatic carbocycles. The summed E-state index contributed by atoms with van der Waals surface area (Å²) in [6.07, 6.45) is 2.28. The topological polar surface area (TPSA) is 56.1 Å². The van der Waals surface area contributed by atoms with Crippen LogP contribution in [0.4, 0.5) is 5.69 Å². The summed E-state index contributed by atoms with van der Waals surface area (Å²) in [6, 6.07) is 4.06. The van der Waals surface area contributed by atoms with E-state index in [9.17, 15) is 4.79 Å². The smallest absolute Gasteiger partial charge is 0.311 e. The van der Waals surface area contributed by atoms with Crippen LogP contribution in [0.25, 0.3) is 5.65 Å². The Morgan fingerprint density at radius 1 is 1.41 bits per heavy atom. The molecule has 2 aromatic heterocycles. The Morgan fingerprint density at radius 3 is 2.91 bits per heavy atom. The number of anilines is 1. The summed E-state index contributed by atoms with van der Waals surface area (Å²) in [4.78, 5) is 18.5. The van der Waals surface area contributed by atoms with Crippen LogP contribution in [0.2, 0.25) is 0 Å².